The third-order valence-corrected chi connectivity index (χ3v) is 5.90. The van der Waals surface area contributed by atoms with Gasteiger partial charge in [-0.1, -0.05) is 6.07 Å². The fourth-order valence-electron chi connectivity index (χ4n) is 2.30. The van der Waals surface area contributed by atoms with E-state index in [1.165, 1.54) is 17.5 Å². The van der Waals surface area contributed by atoms with Crippen LogP contribution >= 0.6 is 11.3 Å². The summed E-state index contributed by atoms with van der Waals surface area (Å²) >= 11 is 0.927. The molecule has 3 rings (SSSR count). The highest BCUT2D eigenvalue weighted by Gasteiger charge is 2.27. The lowest BCUT2D eigenvalue weighted by Gasteiger charge is -2.08. The van der Waals surface area contributed by atoms with Gasteiger partial charge in [0.2, 0.25) is 0 Å². The minimum atomic E-state index is -4.19. The van der Waals surface area contributed by atoms with Crippen LogP contribution in [0.25, 0.3) is 0 Å². The van der Waals surface area contributed by atoms with E-state index in [9.17, 15) is 18.0 Å². The lowest BCUT2D eigenvalue weighted by atomic mass is 10.1. The SMILES string of the molecule is COC(=O)c1sccc1S(=O)(=O)NC(=O)c1ccc2c(c1)COC2. The number of hydrogen-bond acceptors (Lipinski definition) is 7. The van der Waals surface area contributed by atoms with Crippen LogP contribution in [0.2, 0.25) is 0 Å². The highest BCUT2D eigenvalue weighted by Crippen LogP contribution is 2.24. The molecule has 1 aliphatic heterocycles. The summed E-state index contributed by atoms with van der Waals surface area (Å²) in [6.45, 7) is 0.868. The maximum atomic E-state index is 12.4. The van der Waals surface area contributed by atoms with E-state index in [2.05, 4.69) is 4.74 Å². The van der Waals surface area contributed by atoms with Crippen LogP contribution in [0.3, 0.4) is 0 Å². The molecule has 2 aromatic rings. The zero-order valence-corrected chi connectivity index (χ0v) is 14.2. The van der Waals surface area contributed by atoms with Crippen molar-refractivity contribution in [2.75, 3.05) is 7.11 Å². The summed E-state index contributed by atoms with van der Waals surface area (Å²) in [4.78, 5) is 23.5. The van der Waals surface area contributed by atoms with Crippen LogP contribution in [0.1, 0.15) is 31.2 Å². The minimum absolute atomic E-state index is 0.0832. The minimum Gasteiger partial charge on any atom is -0.465 e. The summed E-state index contributed by atoms with van der Waals surface area (Å²) in [6.07, 6.45) is 0. The van der Waals surface area contributed by atoms with Crippen LogP contribution in [0, 0.1) is 0 Å². The number of sulfonamides is 1. The summed E-state index contributed by atoms with van der Waals surface area (Å²) in [7, 11) is -3.03. The molecule has 126 valence electrons. The van der Waals surface area contributed by atoms with Crippen molar-refractivity contribution in [3.05, 3.63) is 51.2 Å². The Morgan fingerprint density at radius 1 is 1.21 bits per heavy atom. The summed E-state index contributed by atoms with van der Waals surface area (Å²) in [5.74, 6) is -1.54. The van der Waals surface area contributed by atoms with Gasteiger partial charge in [-0.3, -0.25) is 4.79 Å². The highest BCUT2D eigenvalue weighted by molar-refractivity contribution is 7.90. The predicted octanol–water partition coefficient (Wildman–Crippen LogP) is 1.68. The lowest BCUT2D eigenvalue weighted by molar-refractivity contribution is 0.0602. The van der Waals surface area contributed by atoms with Crippen molar-refractivity contribution in [1.29, 1.82) is 0 Å². The molecule has 1 amide bonds. The molecule has 7 nitrogen and oxygen atoms in total. The molecule has 0 fully saturated rings. The smallest absolute Gasteiger partial charge is 0.349 e. The number of nitrogens with one attached hydrogen (secondary N) is 1. The number of ether oxygens (including phenoxy) is 2. The quantitative estimate of drug-likeness (QED) is 0.826. The van der Waals surface area contributed by atoms with Crippen LogP contribution in [0.15, 0.2) is 34.5 Å². The number of thiophene rings is 1. The molecule has 24 heavy (non-hydrogen) atoms. The van der Waals surface area contributed by atoms with Crippen molar-refractivity contribution in [2.24, 2.45) is 0 Å². The van der Waals surface area contributed by atoms with Crippen LogP contribution < -0.4 is 4.72 Å². The number of carbonyl (C=O) groups excluding carboxylic acids is 2. The van der Waals surface area contributed by atoms with Gasteiger partial charge in [0, 0.05) is 5.56 Å². The van der Waals surface area contributed by atoms with Crippen LogP contribution in [-0.2, 0) is 32.7 Å². The average molecular weight is 367 g/mol. The predicted molar refractivity (Wildman–Crippen MR) is 85.2 cm³/mol. The molecular formula is C15H13NO6S2. The van der Waals surface area contributed by atoms with Gasteiger partial charge in [-0.15, -0.1) is 11.3 Å². The number of benzene rings is 1. The van der Waals surface area contributed by atoms with Crippen molar-refractivity contribution in [1.82, 2.24) is 4.72 Å². The van der Waals surface area contributed by atoms with Crippen molar-refractivity contribution in [2.45, 2.75) is 18.1 Å². The Bertz CT molecular complexity index is 916. The van der Waals surface area contributed by atoms with Gasteiger partial charge in [0.15, 0.2) is 0 Å². The first-order valence-corrected chi connectivity index (χ1v) is 9.21. The van der Waals surface area contributed by atoms with Gasteiger partial charge >= 0.3 is 5.97 Å². The molecule has 0 spiro atoms. The Labute approximate surface area is 142 Å². The number of rotatable bonds is 4. The molecule has 0 atom stereocenters. The normalized spacial score (nSPS) is 13.4. The molecule has 1 N–H and O–H groups in total. The van der Waals surface area contributed by atoms with Gasteiger partial charge in [-0.2, -0.15) is 0 Å². The molecule has 0 radical (unpaired) electrons. The number of amides is 1. The highest BCUT2D eigenvalue weighted by atomic mass is 32.2. The maximum Gasteiger partial charge on any atom is 0.349 e. The summed E-state index contributed by atoms with van der Waals surface area (Å²) in [5.41, 5.74) is 2.03. The van der Waals surface area contributed by atoms with Gasteiger partial charge in [0.25, 0.3) is 15.9 Å². The molecular weight excluding hydrogens is 354 g/mol. The number of hydrogen-bond donors (Lipinski definition) is 1. The first-order chi connectivity index (χ1) is 11.4. The summed E-state index contributed by atoms with van der Waals surface area (Å²) in [5, 5.41) is 1.44. The number of esters is 1. The second kappa shape index (κ2) is 6.34. The third kappa shape index (κ3) is 3.05. The van der Waals surface area contributed by atoms with E-state index in [0.717, 1.165) is 29.6 Å². The first-order valence-electron chi connectivity index (χ1n) is 6.85. The van der Waals surface area contributed by atoms with E-state index < -0.39 is 21.9 Å². The molecule has 0 saturated heterocycles. The Morgan fingerprint density at radius 2 is 1.96 bits per heavy atom. The largest absolute Gasteiger partial charge is 0.465 e. The summed E-state index contributed by atoms with van der Waals surface area (Å²) in [6, 6.07) is 6.12. The average Bonchev–Trinajstić information content (AvgIpc) is 3.22. The van der Waals surface area contributed by atoms with Crippen molar-refractivity contribution >= 4 is 33.2 Å². The number of methoxy groups -OCH3 is 1. The van der Waals surface area contributed by atoms with E-state index in [1.54, 1.807) is 12.1 Å². The van der Waals surface area contributed by atoms with E-state index in [4.69, 9.17) is 4.74 Å². The molecule has 0 saturated carbocycles. The van der Waals surface area contributed by atoms with Gasteiger partial charge in [-0.05, 0) is 34.7 Å². The monoisotopic (exact) mass is 367 g/mol. The lowest BCUT2D eigenvalue weighted by Crippen LogP contribution is -2.31. The zero-order chi connectivity index (χ0) is 17.3. The fourth-order valence-corrected chi connectivity index (χ4v) is 4.61. The molecule has 1 aliphatic rings. The van der Waals surface area contributed by atoms with Crippen LogP contribution in [-0.4, -0.2) is 27.4 Å². The maximum absolute atomic E-state index is 12.4. The van der Waals surface area contributed by atoms with Gasteiger partial charge in [0.05, 0.1) is 20.3 Å². The number of fused-ring (bicyclic) bond motifs is 1. The van der Waals surface area contributed by atoms with Crippen molar-refractivity contribution in [3.8, 4) is 0 Å². The molecule has 0 bridgehead atoms. The van der Waals surface area contributed by atoms with Crippen molar-refractivity contribution < 1.29 is 27.5 Å². The van der Waals surface area contributed by atoms with Gasteiger partial charge in [-0.25, -0.2) is 17.9 Å². The molecule has 9 heteroatoms. The van der Waals surface area contributed by atoms with Crippen LogP contribution in [0.5, 0.6) is 0 Å². The molecule has 0 unspecified atom stereocenters. The van der Waals surface area contributed by atoms with Gasteiger partial charge < -0.3 is 9.47 Å². The second-order valence-corrected chi connectivity index (χ2v) is 7.58. The van der Waals surface area contributed by atoms with Crippen molar-refractivity contribution in [3.63, 3.8) is 0 Å². The topological polar surface area (TPSA) is 98.8 Å². The Kier molecular flexibility index (Phi) is 4.39. The zero-order valence-electron chi connectivity index (χ0n) is 12.6. The standard InChI is InChI=1S/C15H13NO6S2/c1-21-15(18)13-12(4-5-23-13)24(19,20)16-14(17)9-2-3-10-7-22-8-11(10)6-9/h2-6H,7-8H2,1H3,(H,16,17). The Balaban J connectivity index is 1.86. The number of carbonyl (C=O) groups is 2. The molecule has 0 aliphatic carbocycles. The van der Waals surface area contributed by atoms with Gasteiger partial charge in [0.1, 0.15) is 9.77 Å². The fraction of sp³-hybridized carbons (Fsp3) is 0.200. The molecule has 1 aromatic carbocycles. The van der Waals surface area contributed by atoms with E-state index in [1.807, 2.05) is 4.72 Å². The molecule has 1 aromatic heterocycles. The summed E-state index contributed by atoms with van der Waals surface area (Å²) < 4.78 is 36.6. The Morgan fingerprint density at radius 3 is 2.71 bits per heavy atom. The van der Waals surface area contributed by atoms with E-state index >= 15 is 0 Å². The molecule has 2 heterocycles. The van der Waals surface area contributed by atoms with E-state index in [-0.39, 0.29) is 15.3 Å². The second-order valence-electron chi connectivity index (χ2n) is 5.02. The van der Waals surface area contributed by atoms with Crippen LogP contribution in [0.4, 0.5) is 0 Å². The third-order valence-electron chi connectivity index (χ3n) is 3.50. The Hall–Kier alpha value is -2.23. The first kappa shape index (κ1) is 16.6. The van der Waals surface area contributed by atoms with E-state index in [0.29, 0.717) is 13.2 Å².